The van der Waals surface area contributed by atoms with E-state index in [4.69, 9.17) is 0 Å². The number of hydrogen-bond acceptors (Lipinski definition) is 1. The number of benzene rings is 4. The van der Waals surface area contributed by atoms with Crippen LogP contribution < -0.4 is 4.57 Å². The Morgan fingerprint density at radius 3 is 2.46 bits per heavy atom. The third-order valence-electron chi connectivity index (χ3n) is 8.89. The minimum atomic E-state index is 0.608. The van der Waals surface area contributed by atoms with E-state index in [-0.39, 0.29) is 0 Å². The van der Waals surface area contributed by atoms with E-state index in [1.165, 1.54) is 96.6 Å². The van der Waals surface area contributed by atoms with Crippen LogP contribution in [0.1, 0.15) is 68.6 Å². The van der Waals surface area contributed by atoms with E-state index < -0.39 is 0 Å². The quantitative estimate of drug-likeness (QED) is 0.172. The molecule has 0 N–H and O–H groups in total. The SMILES string of the molecule is Cc1c2c(c(CC(C)C)c3ccccc13)Sc1cc3cccc(C4CCCCC4)c3c3cc[n+](C)c-2c13. The summed E-state index contributed by atoms with van der Waals surface area (Å²) in [4.78, 5) is 2.89. The molecule has 0 saturated heterocycles. The van der Waals surface area contributed by atoms with Gasteiger partial charge in [0.15, 0.2) is 6.20 Å². The normalized spacial score (nSPS) is 15.7. The van der Waals surface area contributed by atoms with Crippen molar-refractivity contribution in [2.75, 3.05) is 0 Å². The first-order valence-electron chi connectivity index (χ1n) is 14.1. The number of aromatic nitrogens is 1. The van der Waals surface area contributed by atoms with Crippen LogP contribution in [0.25, 0.3) is 43.6 Å². The van der Waals surface area contributed by atoms with E-state index in [1.54, 1.807) is 5.56 Å². The van der Waals surface area contributed by atoms with Crippen molar-refractivity contribution in [1.82, 2.24) is 0 Å². The Bertz CT molecular complexity index is 1700. The van der Waals surface area contributed by atoms with Crippen LogP contribution in [0.5, 0.6) is 0 Å². The molecule has 4 aromatic carbocycles. The van der Waals surface area contributed by atoms with Crippen LogP contribution in [-0.4, -0.2) is 0 Å². The molecule has 37 heavy (non-hydrogen) atoms. The Morgan fingerprint density at radius 2 is 1.68 bits per heavy atom. The van der Waals surface area contributed by atoms with Gasteiger partial charge in [-0.05, 0) is 82.3 Å². The van der Waals surface area contributed by atoms with Gasteiger partial charge >= 0.3 is 0 Å². The molecule has 2 heteroatoms. The summed E-state index contributed by atoms with van der Waals surface area (Å²) in [6.07, 6.45) is 10.2. The van der Waals surface area contributed by atoms with Crippen LogP contribution in [0, 0.1) is 12.8 Å². The minimum Gasteiger partial charge on any atom is -0.200 e. The predicted molar refractivity (Wildman–Crippen MR) is 159 cm³/mol. The Balaban J connectivity index is 1.60. The van der Waals surface area contributed by atoms with Gasteiger partial charge in [-0.25, -0.2) is 4.57 Å². The van der Waals surface area contributed by atoms with Gasteiger partial charge in [-0.2, -0.15) is 0 Å². The fraction of sp³-hybridized carbons (Fsp3) is 0.343. The first kappa shape index (κ1) is 23.3. The maximum Gasteiger partial charge on any atom is 0.222 e. The highest BCUT2D eigenvalue weighted by Crippen LogP contribution is 2.53. The zero-order valence-corrected chi connectivity index (χ0v) is 23.3. The largest absolute Gasteiger partial charge is 0.222 e. The molecular formula is C35H36NS+. The molecule has 5 aromatic rings. The number of aryl methyl sites for hydroxylation is 2. The summed E-state index contributed by atoms with van der Waals surface area (Å²) in [5, 5.41) is 8.63. The first-order chi connectivity index (χ1) is 18.0. The number of rotatable bonds is 3. The molecule has 0 atom stereocenters. The van der Waals surface area contributed by atoms with Crippen molar-refractivity contribution in [2.45, 2.75) is 75.0 Å². The summed E-state index contributed by atoms with van der Waals surface area (Å²) >= 11 is 2.02. The minimum absolute atomic E-state index is 0.608. The van der Waals surface area contributed by atoms with E-state index in [0.717, 1.165) is 6.42 Å². The maximum absolute atomic E-state index is 2.50. The summed E-state index contributed by atoms with van der Waals surface area (Å²) in [6.45, 7) is 7.05. The maximum atomic E-state index is 2.50. The summed E-state index contributed by atoms with van der Waals surface area (Å²) in [6, 6.07) is 21.1. The van der Waals surface area contributed by atoms with Crippen molar-refractivity contribution in [2.24, 2.45) is 13.0 Å². The van der Waals surface area contributed by atoms with Crippen molar-refractivity contribution in [1.29, 1.82) is 0 Å². The lowest BCUT2D eigenvalue weighted by Gasteiger charge is -2.27. The lowest BCUT2D eigenvalue weighted by atomic mass is 9.81. The van der Waals surface area contributed by atoms with Crippen LogP contribution in [0.4, 0.5) is 0 Å². The molecule has 1 aliphatic carbocycles. The van der Waals surface area contributed by atoms with E-state index in [9.17, 15) is 0 Å². The van der Waals surface area contributed by atoms with Crippen molar-refractivity contribution >= 4 is 44.1 Å². The molecule has 1 aromatic heterocycles. The molecule has 1 fully saturated rings. The van der Waals surface area contributed by atoms with Gasteiger partial charge in [0.1, 0.15) is 7.05 Å². The molecule has 0 radical (unpaired) electrons. The molecule has 0 bridgehead atoms. The summed E-state index contributed by atoms with van der Waals surface area (Å²) in [5.41, 5.74) is 7.37. The monoisotopic (exact) mass is 502 g/mol. The van der Waals surface area contributed by atoms with Gasteiger partial charge in [-0.15, -0.1) is 0 Å². The summed E-state index contributed by atoms with van der Waals surface area (Å²) in [7, 11) is 2.24. The van der Waals surface area contributed by atoms with E-state index >= 15 is 0 Å². The van der Waals surface area contributed by atoms with Gasteiger partial charge in [0, 0.05) is 21.2 Å². The molecule has 7 rings (SSSR count). The average molecular weight is 503 g/mol. The number of pyridine rings is 1. The Morgan fingerprint density at radius 1 is 0.892 bits per heavy atom. The van der Waals surface area contributed by atoms with Crippen molar-refractivity contribution in [3.05, 3.63) is 77.5 Å². The van der Waals surface area contributed by atoms with E-state index in [1.807, 2.05) is 11.8 Å². The molecule has 1 nitrogen and oxygen atoms in total. The van der Waals surface area contributed by atoms with Gasteiger partial charge in [0.2, 0.25) is 5.69 Å². The fourth-order valence-corrected chi connectivity index (χ4v) is 8.63. The molecule has 1 saturated carbocycles. The fourth-order valence-electron chi connectivity index (χ4n) is 7.25. The number of hydrogen-bond donors (Lipinski definition) is 0. The second-order valence-electron chi connectivity index (χ2n) is 11.8. The van der Waals surface area contributed by atoms with E-state index in [0.29, 0.717) is 11.8 Å². The van der Waals surface area contributed by atoms with Crippen LogP contribution in [-0.2, 0) is 13.5 Å². The highest BCUT2D eigenvalue weighted by molar-refractivity contribution is 8.00. The van der Waals surface area contributed by atoms with Crippen molar-refractivity contribution in [3.8, 4) is 11.3 Å². The van der Waals surface area contributed by atoms with Crippen LogP contribution in [0.3, 0.4) is 0 Å². The lowest BCUT2D eigenvalue weighted by Crippen LogP contribution is -2.32. The standard InChI is InChI=1S/C35H36NS/c1-21(2)19-29-27-15-9-8-14-25(27)22(3)31-34-33-28(17-18-36(34)4)32-24(20-30(33)37-35(29)31)13-10-16-26(32)23-11-6-5-7-12-23/h8-10,13-18,20-21,23H,5-7,11-12,19H2,1-4H3/q+1. The molecule has 2 heterocycles. The third-order valence-corrected chi connectivity index (χ3v) is 10.1. The topological polar surface area (TPSA) is 3.88 Å². The highest BCUT2D eigenvalue weighted by atomic mass is 32.2. The summed E-state index contributed by atoms with van der Waals surface area (Å²) in [5.74, 6) is 1.30. The second kappa shape index (κ2) is 8.88. The molecule has 1 aliphatic heterocycles. The van der Waals surface area contributed by atoms with Gasteiger partial charge in [0.25, 0.3) is 0 Å². The number of nitrogens with zero attached hydrogens (tertiary/aromatic N) is 1. The molecule has 0 spiro atoms. The summed E-state index contributed by atoms with van der Waals surface area (Å²) < 4.78 is 2.39. The second-order valence-corrected chi connectivity index (χ2v) is 12.8. The van der Waals surface area contributed by atoms with Gasteiger partial charge < -0.3 is 0 Å². The smallest absolute Gasteiger partial charge is 0.200 e. The average Bonchev–Trinajstić information content (AvgIpc) is 2.92. The predicted octanol–water partition coefficient (Wildman–Crippen LogP) is 9.66. The van der Waals surface area contributed by atoms with Gasteiger partial charge in [0.05, 0.1) is 10.9 Å². The zero-order chi connectivity index (χ0) is 25.3. The molecule has 186 valence electrons. The van der Waals surface area contributed by atoms with Gasteiger partial charge in [-0.3, -0.25) is 0 Å². The van der Waals surface area contributed by atoms with Crippen LogP contribution in [0.15, 0.2) is 70.6 Å². The Hall–Kier alpha value is -2.84. The zero-order valence-electron chi connectivity index (χ0n) is 22.5. The molecular weight excluding hydrogens is 466 g/mol. The van der Waals surface area contributed by atoms with Crippen LogP contribution >= 0.6 is 11.8 Å². The van der Waals surface area contributed by atoms with Gasteiger partial charge in [-0.1, -0.05) is 87.3 Å². The molecule has 2 aliphatic rings. The van der Waals surface area contributed by atoms with Crippen LogP contribution in [0.2, 0.25) is 0 Å². The first-order valence-corrected chi connectivity index (χ1v) is 14.9. The van der Waals surface area contributed by atoms with E-state index in [2.05, 4.69) is 93.2 Å². The third kappa shape index (κ3) is 3.56. The molecule has 0 unspecified atom stereocenters. The lowest BCUT2D eigenvalue weighted by molar-refractivity contribution is -0.659. The highest BCUT2D eigenvalue weighted by Gasteiger charge is 2.33. The number of fused-ring (bicyclic) bond motifs is 5. The van der Waals surface area contributed by atoms with Crippen molar-refractivity contribution in [3.63, 3.8) is 0 Å². The Labute approximate surface area is 224 Å². The van der Waals surface area contributed by atoms with Crippen molar-refractivity contribution < 1.29 is 4.57 Å². The molecule has 0 amide bonds. The Kier molecular flexibility index (Phi) is 5.59.